The number of aromatic nitrogens is 1. The van der Waals surface area contributed by atoms with E-state index in [0.29, 0.717) is 11.3 Å². The molecule has 0 aliphatic rings. The normalized spacial score (nSPS) is 10.8. The van der Waals surface area contributed by atoms with Crippen molar-refractivity contribution in [2.75, 3.05) is 12.4 Å². The van der Waals surface area contributed by atoms with Gasteiger partial charge < -0.3 is 9.72 Å². The third-order valence-corrected chi connectivity index (χ3v) is 4.94. The van der Waals surface area contributed by atoms with E-state index >= 15 is 0 Å². The molecule has 0 aliphatic heterocycles. The first-order valence-corrected chi connectivity index (χ1v) is 9.17. The number of ether oxygens (including phenoxy) is 1. The second-order valence-corrected chi connectivity index (χ2v) is 6.98. The lowest BCUT2D eigenvalue weighted by Gasteiger charge is -2.05. The maximum atomic E-state index is 12.8. The second kappa shape index (κ2) is 8.19. The number of esters is 1. The van der Waals surface area contributed by atoms with Gasteiger partial charge in [-0.25, -0.2) is 4.39 Å². The number of carbonyl (C=O) groups is 2. The molecular formula is C20H18FNO3S. The Morgan fingerprint density at radius 3 is 2.62 bits per heavy atom. The third-order valence-electron chi connectivity index (χ3n) is 3.93. The van der Waals surface area contributed by atoms with Crippen molar-refractivity contribution in [3.8, 4) is 0 Å². The van der Waals surface area contributed by atoms with Crippen molar-refractivity contribution in [2.45, 2.75) is 18.2 Å². The van der Waals surface area contributed by atoms with Crippen molar-refractivity contribution in [2.24, 2.45) is 0 Å². The number of aromatic amines is 1. The van der Waals surface area contributed by atoms with Gasteiger partial charge in [-0.3, -0.25) is 9.59 Å². The minimum Gasteiger partial charge on any atom is -0.457 e. The summed E-state index contributed by atoms with van der Waals surface area (Å²) in [4.78, 5) is 28.3. The third kappa shape index (κ3) is 4.32. The predicted molar refractivity (Wildman–Crippen MR) is 100 cm³/mol. The molecule has 0 saturated carbocycles. The summed E-state index contributed by atoms with van der Waals surface area (Å²) in [5, 5.41) is 0.831. The van der Waals surface area contributed by atoms with Gasteiger partial charge in [-0.2, -0.15) is 0 Å². The number of nitrogens with one attached hydrogen (secondary N) is 1. The number of benzene rings is 2. The van der Waals surface area contributed by atoms with Gasteiger partial charge in [-0.15, -0.1) is 11.8 Å². The van der Waals surface area contributed by atoms with E-state index in [-0.39, 0.29) is 24.6 Å². The van der Waals surface area contributed by atoms with Crippen LogP contribution < -0.4 is 0 Å². The van der Waals surface area contributed by atoms with Crippen LogP contribution in [0.3, 0.4) is 0 Å². The van der Waals surface area contributed by atoms with Gasteiger partial charge in [-0.05, 0) is 37.3 Å². The maximum absolute atomic E-state index is 12.8. The number of hydrogen-bond acceptors (Lipinski definition) is 4. The average molecular weight is 371 g/mol. The Hall–Kier alpha value is -2.60. The summed E-state index contributed by atoms with van der Waals surface area (Å²) < 4.78 is 18.0. The number of aryl methyl sites for hydroxylation is 1. The number of ketones is 1. The van der Waals surface area contributed by atoms with E-state index in [2.05, 4.69) is 4.98 Å². The summed E-state index contributed by atoms with van der Waals surface area (Å²) in [6.45, 7) is 1.55. The Bertz CT molecular complexity index is 934. The highest BCUT2D eigenvalue weighted by Crippen LogP contribution is 2.22. The minimum atomic E-state index is -0.426. The quantitative estimate of drug-likeness (QED) is 0.377. The molecule has 134 valence electrons. The number of H-pyrrole nitrogens is 1. The van der Waals surface area contributed by atoms with Gasteiger partial charge in [0.05, 0.1) is 6.42 Å². The topological polar surface area (TPSA) is 59.2 Å². The lowest BCUT2D eigenvalue weighted by atomic mass is 10.1. The van der Waals surface area contributed by atoms with Crippen LogP contribution in [0.4, 0.5) is 4.39 Å². The van der Waals surface area contributed by atoms with E-state index in [1.807, 2.05) is 31.2 Å². The highest BCUT2D eigenvalue weighted by Gasteiger charge is 2.17. The second-order valence-electron chi connectivity index (χ2n) is 5.81. The number of halogens is 1. The average Bonchev–Trinajstić information content (AvgIpc) is 2.97. The number of thioether (sulfide) groups is 1. The van der Waals surface area contributed by atoms with E-state index in [0.717, 1.165) is 21.5 Å². The first-order chi connectivity index (χ1) is 12.5. The summed E-state index contributed by atoms with van der Waals surface area (Å²) in [6, 6.07) is 13.6. The zero-order valence-electron chi connectivity index (χ0n) is 14.3. The van der Waals surface area contributed by atoms with E-state index in [9.17, 15) is 14.0 Å². The first-order valence-electron chi connectivity index (χ1n) is 8.19. The molecule has 0 spiro atoms. The van der Waals surface area contributed by atoms with Gasteiger partial charge >= 0.3 is 5.97 Å². The van der Waals surface area contributed by atoms with Crippen LogP contribution in [0.25, 0.3) is 10.9 Å². The molecule has 1 aromatic heterocycles. The fourth-order valence-electron chi connectivity index (χ4n) is 2.71. The molecule has 6 heteroatoms. The number of rotatable bonds is 7. The number of hydrogen-bond donors (Lipinski definition) is 1. The molecule has 0 aliphatic carbocycles. The lowest BCUT2D eigenvalue weighted by molar-refractivity contribution is -0.141. The number of Topliss-reactive ketones (excluding diaryl/α,β-unsaturated/α-hetero) is 1. The molecule has 26 heavy (non-hydrogen) atoms. The summed E-state index contributed by atoms with van der Waals surface area (Å²) in [6.07, 6.45) is 0.183. The molecule has 0 fully saturated rings. The molecule has 2 aromatic carbocycles. The van der Waals surface area contributed by atoms with E-state index < -0.39 is 5.97 Å². The van der Waals surface area contributed by atoms with Crippen LogP contribution in [0, 0.1) is 12.7 Å². The van der Waals surface area contributed by atoms with Gasteiger partial charge in [0.15, 0.2) is 6.61 Å². The number of para-hydroxylation sites is 1. The number of fused-ring (bicyclic) bond motifs is 1. The Morgan fingerprint density at radius 1 is 1.12 bits per heavy atom. The molecule has 0 unspecified atom stereocenters. The number of carbonyl (C=O) groups excluding carboxylic acids is 2. The molecule has 3 rings (SSSR count). The van der Waals surface area contributed by atoms with E-state index in [1.54, 1.807) is 12.1 Å². The summed E-state index contributed by atoms with van der Waals surface area (Å²) in [5.41, 5.74) is 2.21. The van der Waals surface area contributed by atoms with Crippen molar-refractivity contribution in [3.63, 3.8) is 0 Å². The van der Waals surface area contributed by atoms with Crippen molar-refractivity contribution in [3.05, 3.63) is 65.6 Å². The molecule has 0 radical (unpaired) electrons. The summed E-state index contributed by atoms with van der Waals surface area (Å²) in [7, 11) is 0. The molecular weight excluding hydrogens is 353 g/mol. The zero-order chi connectivity index (χ0) is 18.5. The lowest BCUT2D eigenvalue weighted by Crippen LogP contribution is -2.15. The van der Waals surface area contributed by atoms with Gasteiger partial charge in [0.25, 0.3) is 0 Å². The highest BCUT2D eigenvalue weighted by molar-refractivity contribution is 7.99. The Kier molecular flexibility index (Phi) is 5.73. The smallest absolute Gasteiger partial charge is 0.307 e. The molecule has 0 bridgehead atoms. The van der Waals surface area contributed by atoms with Crippen LogP contribution >= 0.6 is 11.8 Å². The monoisotopic (exact) mass is 371 g/mol. The standard InChI is InChI=1S/C20H18FNO3S/c1-13-20(16-4-2-3-5-17(16)22-13)18(23)12-25-19(24)10-11-26-15-8-6-14(21)7-9-15/h2-9,22H,10-12H2,1H3. The van der Waals surface area contributed by atoms with Crippen LogP contribution in [0.2, 0.25) is 0 Å². The van der Waals surface area contributed by atoms with Crippen LogP contribution in [0.1, 0.15) is 22.5 Å². The SMILES string of the molecule is Cc1[nH]c2ccccc2c1C(=O)COC(=O)CCSc1ccc(F)cc1. The highest BCUT2D eigenvalue weighted by atomic mass is 32.2. The zero-order valence-corrected chi connectivity index (χ0v) is 15.1. The van der Waals surface area contributed by atoms with Gasteiger partial charge in [0, 0.05) is 32.8 Å². The van der Waals surface area contributed by atoms with Gasteiger partial charge in [-0.1, -0.05) is 18.2 Å². The van der Waals surface area contributed by atoms with Crippen molar-refractivity contribution >= 4 is 34.4 Å². The molecule has 3 aromatic rings. The fourth-order valence-corrected chi connectivity index (χ4v) is 3.54. The first kappa shape index (κ1) is 18.2. The van der Waals surface area contributed by atoms with Gasteiger partial charge in [0.1, 0.15) is 5.82 Å². The van der Waals surface area contributed by atoms with Crippen molar-refractivity contribution < 1.29 is 18.7 Å². The maximum Gasteiger partial charge on any atom is 0.307 e. The van der Waals surface area contributed by atoms with Gasteiger partial charge in [0.2, 0.25) is 5.78 Å². The van der Waals surface area contributed by atoms with Crippen LogP contribution in [-0.2, 0) is 9.53 Å². The van der Waals surface area contributed by atoms with E-state index in [4.69, 9.17) is 4.74 Å². The molecule has 1 heterocycles. The van der Waals surface area contributed by atoms with Crippen molar-refractivity contribution in [1.82, 2.24) is 4.98 Å². The Labute approximate surface area is 154 Å². The summed E-state index contributed by atoms with van der Waals surface area (Å²) in [5.74, 6) is -0.435. The minimum absolute atomic E-state index is 0.183. The van der Waals surface area contributed by atoms with Crippen molar-refractivity contribution in [1.29, 1.82) is 0 Å². The fraction of sp³-hybridized carbons (Fsp3) is 0.200. The largest absolute Gasteiger partial charge is 0.457 e. The molecule has 0 atom stereocenters. The predicted octanol–water partition coefficient (Wildman–Crippen LogP) is 4.52. The molecule has 0 saturated heterocycles. The van der Waals surface area contributed by atoms with Crippen LogP contribution in [0.15, 0.2) is 53.4 Å². The van der Waals surface area contributed by atoms with Crippen LogP contribution in [0.5, 0.6) is 0 Å². The Morgan fingerprint density at radius 2 is 1.85 bits per heavy atom. The molecule has 1 N–H and O–H groups in total. The Balaban J connectivity index is 1.50. The van der Waals surface area contributed by atoms with Crippen LogP contribution in [-0.4, -0.2) is 29.1 Å². The molecule has 0 amide bonds. The molecule has 4 nitrogen and oxygen atoms in total. The summed E-state index contributed by atoms with van der Waals surface area (Å²) >= 11 is 1.44. The van der Waals surface area contributed by atoms with E-state index in [1.165, 1.54) is 23.9 Å².